The molecule has 2 nitrogen and oxygen atoms in total. The number of hydrogen-bond acceptors (Lipinski definition) is 2. The molecule has 1 unspecified atom stereocenters. The van der Waals surface area contributed by atoms with Gasteiger partial charge in [0.15, 0.2) is 0 Å². The van der Waals surface area contributed by atoms with Crippen molar-refractivity contribution in [2.24, 2.45) is 5.92 Å². The lowest BCUT2D eigenvalue weighted by molar-refractivity contribution is 0.436. The summed E-state index contributed by atoms with van der Waals surface area (Å²) in [6.07, 6.45) is 5.47. The Morgan fingerprint density at radius 2 is 1.90 bits per heavy atom. The number of nitrogens with one attached hydrogen (secondary N) is 1. The van der Waals surface area contributed by atoms with E-state index < -0.39 is 0 Å². The van der Waals surface area contributed by atoms with Crippen LogP contribution in [-0.2, 0) is 0 Å². The summed E-state index contributed by atoms with van der Waals surface area (Å²) >= 11 is 0. The third kappa shape index (κ3) is 3.80. The van der Waals surface area contributed by atoms with Crippen molar-refractivity contribution in [3.05, 3.63) is 42.2 Å². The molecule has 2 heteroatoms. The summed E-state index contributed by atoms with van der Waals surface area (Å²) in [5.41, 5.74) is 1.21. The average molecular weight is 270 g/mol. The minimum Gasteiger partial charge on any atom is -0.309 e. The molecular weight excluding hydrogens is 244 g/mol. The molecule has 0 amide bonds. The van der Waals surface area contributed by atoms with Crippen LogP contribution in [0.2, 0.25) is 0 Å². The largest absolute Gasteiger partial charge is 0.309 e. The molecule has 1 aromatic heterocycles. The van der Waals surface area contributed by atoms with Gasteiger partial charge in [0.05, 0.1) is 11.7 Å². The number of rotatable bonds is 7. The van der Waals surface area contributed by atoms with E-state index in [0.717, 1.165) is 25.3 Å². The van der Waals surface area contributed by atoms with Crippen LogP contribution in [0, 0.1) is 5.92 Å². The van der Waals surface area contributed by atoms with E-state index in [9.17, 15) is 0 Å². The maximum atomic E-state index is 4.68. The molecule has 1 atom stereocenters. The van der Waals surface area contributed by atoms with Crippen LogP contribution in [0.3, 0.4) is 0 Å². The summed E-state index contributed by atoms with van der Waals surface area (Å²) in [6, 6.07) is 11.0. The zero-order chi connectivity index (χ0) is 14.4. The average Bonchev–Trinajstić information content (AvgIpc) is 2.47. The highest BCUT2D eigenvalue weighted by Gasteiger charge is 2.15. The molecule has 2 rings (SSSR count). The number of pyridine rings is 1. The van der Waals surface area contributed by atoms with Gasteiger partial charge in [0.25, 0.3) is 0 Å². The van der Waals surface area contributed by atoms with E-state index in [1.54, 1.807) is 0 Å². The normalized spacial score (nSPS) is 13.0. The molecule has 0 aliphatic heterocycles. The van der Waals surface area contributed by atoms with Gasteiger partial charge in [0.2, 0.25) is 0 Å². The Bertz CT molecular complexity index is 528. The second-order valence-corrected chi connectivity index (χ2v) is 5.90. The fraction of sp³-hybridized carbons (Fsp3) is 0.500. The lowest BCUT2D eigenvalue weighted by Crippen LogP contribution is -2.23. The number of nitrogens with zero attached hydrogens (tertiary/aromatic N) is 1. The Balaban J connectivity index is 2.29. The maximum absolute atomic E-state index is 4.68. The molecule has 0 aliphatic carbocycles. The van der Waals surface area contributed by atoms with Crippen LogP contribution in [0.1, 0.15) is 51.8 Å². The minimum atomic E-state index is 0.364. The van der Waals surface area contributed by atoms with Crippen molar-refractivity contribution in [3.63, 3.8) is 0 Å². The van der Waals surface area contributed by atoms with Gasteiger partial charge >= 0.3 is 0 Å². The topological polar surface area (TPSA) is 24.9 Å². The number of hydrogen-bond donors (Lipinski definition) is 1. The maximum Gasteiger partial charge on any atom is 0.0651 e. The summed E-state index contributed by atoms with van der Waals surface area (Å²) < 4.78 is 0. The van der Waals surface area contributed by atoms with Gasteiger partial charge in [-0.3, -0.25) is 4.98 Å². The lowest BCUT2D eigenvalue weighted by Gasteiger charge is -2.20. The predicted octanol–water partition coefficient (Wildman–Crippen LogP) is 4.71. The summed E-state index contributed by atoms with van der Waals surface area (Å²) in [4.78, 5) is 4.68. The first-order chi connectivity index (χ1) is 9.72. The molecule has 0 saturated carbocycles. The van der Waals surface area contributed by atoms with Crippen LogP contribution in [0.15, 0.2) is 36.5 Å². The van der Waals surface area contributed by atoms with E-state index in [2.05, 4.69) is 61.4 Å². The monoisotopic (exact) mass is 270 g/mol. The van der Waals surface area contributed by atoms with Gasteiger partial charge in [-0.15, -0.1) is 0 Å². The van der Waals surface area contributed by atoms with Crippen LogP contribution >= 0.6 is 0 Å². The Morgan fingerprint density at radius 3 is 2.65 bits per heavy atom. The molecule has 0 bridgehead atoms. The lowest BCUT2D eigenvalue weighted by atomic mass is 9.97. The number of fused-ring (bicyclic) bond motifs is 1. The predicted molar refractivity (Wildman–Crippen MR) is 86.8 cm³/mol. The molecule has 2 aromatic rings. The summed E-state index contributed by atoms with van der Waals surface area (Å²) in [6.45, 7) is 7.83. The number of benzene rings is 1. The van der Waals surface area contributed by atoms with Crippen LogP contribution in [0.4, 0.5) is 0 Å². The van der Waals surface area contributed by atoms with Crippen molar-refractivity contribution in [1.29, 1.82) is 0 Å². The van der Waals surface area contributed by atoms with Crippen LogP contribution in [-0.4, -0.2) is 11.5 Å². The van der Waals surface area contributed by atoms with Gasteiger partial charge in [-0.1, -0.05) is 45.0 Å². The first kappa shape index (κ1) is 15.0. The zero-order valence-corrected chi connectivity index (χ0v) is 12.9. The molecule has 0 saturated heterocycles. The third-order valence-electron chi connectivity index (χ3n) is 3.71. The van der Waals surface area contributed by atoms with Gasteiger partial charge in [-0.2, -0.15) is 0 Å². The van der Waals surface area contributed by atoms with Crippen molar-refractivity contribution in [2.75, 3.05) is 6.54 Å². The fourth-order valence-corrected chi connectivity index (χ4v) is 2.57. The van der Waals surface area contributed by atoms with Gasteiger partial charge in [0.1, 0.15) is 0 Å². The van der Waals surface area contributed by atoms with E-state index in [0.29, 0.717) is 6.04 Å². The first-order valence-electron chi connectivity index (χ1n) is 7.79. The molecule has 1 aromatic carbocycles. The second-order valence-electron chi connectivity index (χ2n) is 5.90. The molecule has 1 heterocycles. The molecular formula is C18H26N2. The van der Waals surface area contributed by atoms with Crippen molar-refractivity contribution < 1.29 is 0 Å². The van der Waals surface area contributed by atoms with E-state index in [-0.39, 0.29) is 0 Å². The van der Waals surface area contributed by atoms with E-state index in [4.69, 9.17) is 0 Å². The smallest absolute Gasteiger partial charge is 0.0651 e. The summed E-state index contributed by atoms with van der Waals surface area (Å²) in [5, 5.41) is 6.24. The zero-order valence-electron chi connectivity index (χ0n) is 12.9. The second kappa shape index (κ2) is 7.39. The quantitative estimate of drug-likeness (QED) is 0.788. The Hall–Kier alpha value is -1.41. The van der Waals surface area contributed by atoms with Crippen molar-refractivity contribution in [3.8, 4) is 0 Å². The minimum absolute atomic E-state index is 0.364. The molecule has 0 aliphatic rings. The van der Waals surface area contributed by atoms with Crippen LogP contribution < -0.4 is 5.32 Å². The van der Waals surface area contributed by atoms with Gasteiger partial charge in [0, 0.05) is 11.6 Å². The highest BCUT2D eigenvalue weighted by atomic mass is 14.9. The van der Waals surface area contributed by atoms with Crippen LogP contribution in [0.25, 0.3) is 10.8 Å². The molecule has 0 spiro atoms. The molecule has 0 fully saturated rings. The fourth-order valence-electron chi connectivity index (χ4n) is 2.57. The third-order valence-corrected chi connectivity index (χ3v) is 3.71. The van der Waals surface area contributed by atoms with E-state index in [1.807, 2.05) is 6.20 Å². The van der Waals surface area contributed by atoms with Gasteiger partial charge in [-0.25, -0.2) is 0 Å². The van der Waals surface area contributed by atoms with Crippen molar-refractivity contribution in [2.45, 2.75) is 46.1 Å². The van der Waals surface area contributed by atoms with E-state index >= 15 is 0 Å². The van der Waals surface area contributed by atoms with Gasteiger partial charge < -0.3 is 5.32 Å². The Kier molecular flexibility index (Phi) is 5.54. The Morgan fingerprint density at radius 1 is 1.10 bits per heavy atom. The summed E-state index contributed by atoms with van der Waals surface area (Å²) in [5.74, 6) is 0.732. The summed E-state index contributed by atoms with van der Waals surface area (Å²) in [7, 11) is 0. The standard InChI is InChI=1S/C18H26N2/c1-4-12-19-17(10-9-14(2)3)18-16-8-6-5-7-15(16)11-13-20-18/h5-8,11,13-14,17,19H,4,9-10,12H2,1-3H3. The molecule has 0 radical (unpaired) electrons. The van der Waals surface area contributed by atoms with Crippen molar-refractivity contribution >= 4 is 10.8 Å². The highest BCUT2D eigenvalue weighted by molar-refractivity contribution is 5.84. The number of aromatic nitrogens is 1. The first-order valence-corrected chi connectivity index (χ1v) is 7.79. The highest BCUT2D eigenvalue weighted by Crippen LogP contribution is 2.26. The Labute approximate surface area is 122 Å². The molecule has 108 valence electrons. The SMILES string of the molecule is CCCNC(CCC(C)C)c1nccc2ccccc12. The molecule has 20 heavy (non-hydrogen) atoms. The van der Waals surface area contributed by atoms with Crippen molar-refractivity contribution in [1.82, 2.24) is 10.3 Å². The molecule has 1 N–H and O–H groups in total. The van der Waals surface area contributed by atoms with Crippen LogP contribution in [0.5, 0.6) is 0 Å². The van der Waals surface area contributed by atoms with E-state index in [1.165, 1.54) is 22.9 Å². The van der Waals surface area contributed by atoms with Gasteiger partial charge in [-0.05, 0) is 43.2 Å².